The smallest absolute Gasteiger partial charge is 0.350 e. The fraction of sp³-hybridized carbons (Fsp3) is 0.571. The molecule has 0 amide bonds. The average molecular weight is 389 g/mol. The second-order valence-electron chi connectivity index (χ2n) is 6.31. The van der Waals surface area contributed by atoms with E-state index >= 15 is 0 Å². The highest BCUT2D eigenvalue weighted by Gasteiger charge is 2.21. The van der Waals surface area contributed by atoms with Gasteiger partial charge in [0.1, 0.15) is 18.2 Å². The molecule has 0 atom stereocenters. The van der Waals surface area contributed by atoms with Gasteiger partial charge in [-0.1, -0.05) is 0 Å². The van der Waals surface area contributed by atoms with E-state index in [1.165, 1.54) is 19.8 Å². The van der Waals surface area contributed by atoms with Crippen molar-refractivity contribution in [3.63, 3.8) is 0 Å². The number of carbonyl (C=O) groups is 1. The highest BCUT2D eigenvalue weighted by Crippen LogP contribution is 2.33. The van der Waals surface area contributed by atoms with Crippen molar-refractivity contribution in [2.75, 3.05) is 25.8 Å². The predicted octanol–water partition coefficient (Wildman–Crippen LogP) is 0.766. The molecule has 12 heteroatoms. The maximum absolute atomic E-state index is 10.6. The van der Waals surface area contributed by atoms with Crippen LogP contribution in [0, 0.1) is 5.41 Å². The number of imidazole rings is 1. The molecule has 146 valence electrons. The molecule has 0 spiro atoms. The molecule has 0 aromatic carbocycles. The third-order valence-electron chi connectivity index (χ3n) is 2.96. The first-order valence-electron chi connectivity index (χ1n) is 7.57. The largest absolute Gasteiger partial charge is 0.469 e. The summed E-state index contributed by atoms with van der Waals surface area (Å²) in [4.78, 5) is 39.7. The van der Waals surface area contributed by atoms with E-state index in [0.29, 0.717) is 17.7 Å². The molecule has 4 N–H and O–H groups in total. The molecule has 0 aliphatic heterocycles. The van der Waals surface area contributed by atoms with Gasteiger partial charge in [-0.05, 0) is 20.8 Å². The van der Waals surface area contributed by atoms with E-state index in [4.69, 9.17) is 20.3 Å². The lowest BCUT2D eigenvalue weighted by molar-refractivity contribution is -0.149. The van der Waals surface area contributed by atoms with E-state index < -0.39 is 13.9 Å². The number of methoxy groups -OCH3 is 1. The Hall–Kier alpha value is -2.07. The molecule has 0 saturated heterocycles. The highest BCUT2D eigenvalue weighted by atomic mass is 31.2. The molecular weight excluding hydrogens is 365 g/mol. The van der Waals surface area contributed by atoms with Gasteiger partial charge in [0.2, 0.25) is 0 Å². The van der Waals surface area contributed by atoms with Crippen molar-refractivity contribution < 1.29 is 28.6 Å². The van der Waals surface area contributed by atoms with Gasteiger partial charge in [0.15, 0.2) is 11.5 Å². The molecule has 0 aliphatic rings. The molecule has 0 radical (unpaired) electrons. The molecule has 2 heterocycles. The number of nitrogen functional groups attached to an aromatic ring is 1. The van der Waals surface area contributed by atoms with Crippen LogP contribution in [0.5, 0.6) is 0 Å². The molecule has 0 unspecified atom stereocenters. The summed E-state index contributed by atoms with van der Waals surface area (Å²) in [6, 6.07) is 0. The van der Waals surface area contributed by atoms with Crippen molar-refractivity contribution in [3.05, 3.63) is 12.7 Å². The van der Waals surface area contributed by atoms with Gasteiger partial charge >= 0.3 is 13.6 Å². The van der Waals surface area contributed by atoms with Crippen molar-refractivity contribution in [2.24, 2.45) is 5.41 Å². The van der Waals surface area contributed by atoms with E-state index in [9.17, 15) is 9.36 Å². The van der Waals surface area contributed by atoms with Crippen LogP contribution >= 0.6 is 7.60 Å². The van der Waals surface area contributed by atoms with Crippen LogP contribution in [0.2, 0.25) is 0 Å². The summed E-state index contributed by atoms with van der Waals surface area (Å²) in [6.07, 6.45) is 2.25. The molecule has 0 fully saturated rings. The minimum atomic E-state index is -4.12. The van der Waals surface area contributed by atoms with Gasteiger partial charge < -0.3 is 29.6 Å². The topological polar surface area (TPSA) is 163 Å². The first-order valence-corrected chi connectivity index (χ1v) is 9.37. The van der Waals surface area contributed by atoms with Gasteiger partial charge in [-0.15, -0.1) is 0 Å². The van der Waals surface area contributed by atoms with Crippen LogP contribution in [0.25, 0.3) is 11.2 Å². The first kappa shape index (κ1) is 22.0. The fourth-order valence-corrected chi connectivity index (χ4v) is 2.08. The lowest BCUT2D eigenvalue weighted by atomic mass is 9.98. The fourth-order valence-electron chi connectivity index (χ4n) is 1.71. The average Bonchev–Trinajstić information content (AvgIpc) is 2.94. The van der Waals surface area contributed by atoms with Crippen LogP contribution in [0.3, 0.4) is 0 Å². The van der Waals surface area contributed by atoms with Crippen molar-refractivity contribution in [2.45, 2.75) is 27.3 Å². The minimum Gasteiger partial charge on any atom is -0.469 e. The Kier molecular flexibility index (Phi) is 7.64. The normalized spacial score (nSPS) is 11.8. The standard InChI is InChI=1S/C8H12N5O4P.C6H12O2/c9-7-6-8(11-3-10-7)13(4-12-6)1-2-17-5-18(14,15)16;1-6(2,3)5(7)8-4/h3-4H,1-2,5H2,(H2,9,10,11)(H2,14,15,16);1-4H3. The number of anilines is 1. The van der Waals surface area contributed by atoms with Crippen molar-refractivity contribution >= 4 is 30.5 Å². The van der Waals surface area contributed by atoms with Crippen LogP contribution in [0.15, 0.2) is 12.7 Å². The highest BCUT2D eigenvalue weighted by molar-refractivity contribution is 7.51. The van der Waals surface area contributed by atoms with Gasteiger partial charge in [0.25, 0.3) is 0 Å². The van der Waals surface area contributed by atoms with Crippen LogP contribution in [-0.4, -0.2) is 55.3 Å². The van der Waals surface area contributed by atoms with E-state index in [-0.39, 0.29) is 23.8 Å². The Morgan fingerprint density at radius 1 is 1.31 bits per heavy atom. The molecule has 0 saturated carbocycles. The molecule has 0 aliphatic carbocycles. The number of nitrogens with two attached hydrogens (primary N) is 1. The number of fused-ring (bicyclic) bond motifs is 1. The second-order valence-corrected chi connectivity index (χ2v) is 7.90. The summed E-state index contributed by atoms with van der Waals surface area (Å²) in [7, 11) is -2.72. The third kappa shape index (κ3) is 7.04. The zero-order chi connectivity index (χ0) is 20.0. The molecule has 2 aromatic rings. The van der Waals surface area contributed by atoms with Crippen molar-refractivity contribution in [1.82, 2.24) is 19.5 Å². The Morgan fingerprint density at radius 2 is 1.96 bits per heavy atom. The van der Waals surface area contributed by atoms with Gasteiger partial charge in [0.05, 0.1) is 25.5 Å². The van der Waals surface area contributed by atoms with Crippen LogP contribution in [0.4, 0.5) is 5.82 Å². The van der Waals surface area contributed by atoms with Crippen LogP contribution < -0.4 is 5.73 Å². The monoisotopic (exact) mass is 389 g/mol. The van der Waals surface area contributed by atoms with E-state index in [0.717, 1.165) is 0 Å². The van der Waals surface area contributed by atoms with Gasteiger partial charge in [-0.25, -0.2) is 15.0 Å². The van der Waals surface area contributed by atoms with E-state index in [1.807, 2.05) is 20.8 Å². The number of rotatable bonds is 5. The molecular formula is C14H24N5O6P. The zero-order valence-corrected chi connectivity index (χ0v) is 16.0. The van der Waals surface area contributed by atoms with Gasteiger partial charge in [-0.2, -0.15) is 0 Å². The summed E-state index contributed by atoms with van der Waals surface area (Å²) in [5.41, 5.74) is 6.32. The molecule has 0 bridgehead atoms. The Balaban J connectivity index is 0.000000359. The number of nitrogens with zero attached hydrogens (tertiary/aromatic N) is 4. The number of hydrogen-bond acceptors (Lipinski definition) is 8. The van der Waals surface area contributed by atoms with Crippen molar-refractivity contribution in [3.8, 4) is 0 Å². The maximum Gasteiger partial charge on any atom is 0.350 e. The van der Waals surface area contributed by atoms with Gasteiger partial charge in [0, 0.05) is 6.54 Å². The Labute approximate surface area is 150 Å². The Morgan fingerprint density at radius 3 is 2.46 bits per heavy atom. The SMILES string of the molecule is COC(=O)C(C)(C)C.Nc1ncnc2c1ncn2CCOCP(=O)(O)O. The quantitative estimate of drug-likeness (QED) is 0.378. The number of carbonyl (C=O) groups excluding carboxylic acids is 1. The van der Waals surface area contributed by atoms with E-state index in [2.05, 4.69) is 19.7 Å². The van der Waals surface area contributed by atoms with E-state index in [1.54, 1.807) is 4.57 Å². The number of hydrogen-bond donors (Lipinski definition) is 3. The second kappa shape index (κ2) is 9.04. The molecule has 11 nitrogen and oxygen atoms in total. The third-order valence-corrected chi connectivity index (χ3v) is 3.48. The summed E-state index contributed by atoms with van der Waals surface area (Å²) in [5.74, 6) is 0.118. The molecule has 2 rings (SSSR count). The lowest BCUT2D eigenvalue weighted by Crippen LogP contribution is -2.21. The zero-order valence-electron chi connectivity index (χ0n) is 15.1. The minimum absolute atomic E-state index is 0.139. The number of esters is 1. The summed E-state index contributed by atoms with van der Waals surface area (Å²) >= 11 is 0. The lowest BCUT2D eigenvalue weighted by Gasteiger charge is -2.13. The van der Waals surface area contributed by atoms with Crippen molar-refractivity contribution in [1.29, 1.82) is 0 Å². The maximum atomic E-state index is 10.6. The predicted molar refractivity (Wildman–Crippen MR) is 94.1 cm³/mol. The molecule has 26 heavy (non-hydrogen) atoms. The molecule has 2 aromatic heterocycles. The summed E-state index contributed by atoms with van der Waals surface area (Å²) in [6.45, 7) is 5.96. The Bertz CT molecular complexity index is 782. The van der Waals surface area contributed by atoms with Crippen LogP contribution in [0.1, 0.15) is 20.8 Å². The first-order chi connectivity index (χ1) is 12.0. The summed E-state index contributed by atoms with van der Waals surface area (Å²) in [5, 5.41) is 0. The number of aromatic nitrogens is 4. The van der Waals surface area contributed by atoms with Crippen LogP contribution in [-0.2, 0) is 25.4 Å². The van der Waals surface area contributed by atoms with Gasteiger partial charge in [-0.3, -0.25) is 9.36 Å². The summed E-state index contributed by atoms with van der Waals surface area (Å²) < 4.78 is 21.6. The number of ether oxygens (including phenoxy) is 2.